The standard InChI is InChI=1S/C29H67NO5Si3/c1-10-31-23-18-27-36(6,7)25-15-20-30(21-16-26-37(8,9)28-19-24-32-11-2)22-17-29-38(33-12-3,34-13-4)35-14-5/h10-29H2,1-9H3. The lowest BCUT2D eigenvalue weighted by molar-refractivity contribution is 0.0699. The van der Waals surface area contributed by atoms with E-state index in [0.717, 1.165) is 45.4 Å². The van der Waals surface area contributed by atoms with Gasteiger partial charge in [-0.15, -0.1) is 0 Å². The number of hydrogen-bond acceptors (Lipinski definition) is 6. The predicted molar refractivity (Wildman–Crippen MR) is 172 cm³/mol. The summed E-state index contributed by atoms with van der Waals surface area (Å²) in [6.07, 6.45) is 6.15. The van der Waals surface area contributed by atoms with Crippen LogP contribution in [0.1, 0.15) is 66.7 Å². The molecule has 0 unspecified atom stereocenters. The first-order chi connectivity index (χ1) is 18.1. The monoisotopic (exact) mass is 593 g/mol. The first-order valence-corrected chi connectivity index (χ1v) is 24.6. The van der Waals surface area contributed by atoms with Crippen molar-refractivity contribution in [3.63, 3.8) is 0 Å². The minimum absolute atomic E-state index is 0.655. The van der Waals surface area contributed by atoms with Gasteiger partial charge in [0.2, 0.25) is 0 Å². The van der Waals surface area contributed by atoms with Crippen molar-refractivity contribution in [3.8, 4) is 0 Å². The molecule has 0 N–H and O–H groups in total. The van der Waals surface area contributed by atoms with Crippen molar-refractivity contribution in [2.45, 2.75) is 123 Å². The van der Waals surface area contributed by atoms with Crippen molar-refractivity contribution in [2.24, 2.45) is 0 Å². The fourth-order valence-corrected chi connectivity index (χ4v) is 12.8. The van der Waals surface area contributed by atoms with Crippen molar-refractivity contribution < 1.29 is 22.8 Å². The summed E-state index contributed by atoms with van der Waals surface area (Å²) in [5.74, 6) is 0. The minimum atomic E-state index is -2.57. The van der Waals surface area contributed by atoms with E-state index < -0.39 is 25.0 Å². The van der Waals surface area contributed by atoms with Crippen LogP contribution >= 0.6 is 0 Å². The summed E-state index contributed by atoms with van der Waals surface area (Å²) in [5, 5.41) is 0. The molecule has 38 heavy (non-hydrogen) atoms. The van der Waals surface area contributed by atoms with Crippen LogP contribution in [-0.2, 0) is 22.8 Å². The first-order valence-electron chi connectivity index (χ1n) is 15.9. The van der Waals surface area contributed by atoms with E-state index in [9.17, 15) is 0 Å². The van der Waals surface area contributed by atoms with Crippen LogP contribution in [0.25, 0.3) is 0 Å². The van der Waals surface area contributed by atoms with Gasteiger partial charge >= 0.3 is 8.80 Å². The Hall–Kier alpha value is 0.411. The van der Waals surface area contributed by atoms with Gasteiger partial charge in [-0.3, -0.25) is 0 Å². The Morgan fingerprint density at radius 3 is 1.13 bits per heavy atom. The zero-order valence-electron chi connectivity index (χ0n) is 27.1. The second-order valence-electron chi connectivity index (χ2n) is 12.1. The van der Waals surface area contributed by atoms with Gasteiger partial charge in [-0.2, -0.15) is 0 Å². The van der Waals surface area contributed by atoms with Crippen molar-refractivity contribution in [1.29, 1.82) is 0 Å². The van der Waals surface area contributed by atoms with Crippen molar-refractivity contribution in [2.75, 3.05) is 65.9 Å². The molecule has 0 heterocycles. The van der Waals surface area contributed by atoms with E-state index >= 15 is 0 Å². The van der Waals surface area contributed by atoms with Crippen LogP contribution in [0.3, 0.4) is 0 Å². The van der Waals surface area contributed by atoms with Crippen molar-refractivity contribution >= 4 is 25.0 Å². The summed E-state index contributed by atoms with van der Waals surface area (Å²) >= 11 is 0. The molecule has 0 rings (SSSR count). The Balaban J connectivity index is 4.94. The fourth-order valence-electron chi connectivity index (χ4n) is 5.26. The van der Waals surface area contributed by atoms with E-state index in [1.165, 1.54) is 62.9 Å². The van der Waals surface area contributed by atoms with E-state index in [-0.39, 0.29) is 0 Å². The SMILES string of the molecule is CCOCCC[Si](C)(C)CCCN(CCC[Si](C)(C)CCCOCC)CCC[Si](OCC)(OCC)OCC. The first kappa shape index (κ1) is 38.4. The van der Waals surface area contributed by atoms with E-state index in [2.05, 4.69) is 44.9 Å². The highest BCUT2D eigenvalue weighted by Gasteiger charge is 2.39. The Kier molecular flexibility index (Phi) is 23.3. The molecule has 0 aliphatic heterocycles. The van der Waals surface area contributed by atoms with Crippen LogP contribution in [0, 0.1) is 0 Å². The summed E-state index contributed by atoms with van der Waals surface area (Å²) in [6, 6.07) is 6.47. The maximum atomic E-state index is 6.12. The lowest BCUT2D eigenvalue weighted by atomic mass is 10.3. The summed E-state index contributed by atoms with van der Waals surface area (Å²) in [7, 11) is -4.89. The third-order valence-corrected chi connectivity index (χ3v) is 17.4. The molecule has 0 radical (unpaired) electrons. The molecule has 0 spiro atoms. The summed E-state index contributed by atoms with van der Waals surface area (Å²) in [6.45, 7) is 29.6. The van der Waals surface area contributed by atoms with Crippen LogP contribution in [0.5, 0.6) is 0 Å². The Labute approximate surface area is 241 Å². The third-order valence-electron chi connectivity index (χ3n) is 7.40. The molecule has 230 valence electrons. The van der Waals surface area contributed by atoms with Gasteiger partial charge in [-0.05, 0) is 86.4 Å². The van der Waals surface area contributed by atoms with E-state index in [1.807, 2.05) is 20.8 Å². The molecule has 6 nitrogen and oxygen atoms in total. The molecule has 0 aliphatic carbocycles. The van der Waals surface area contributed by atoms with Crippen LogP contribution in [0.15, 0.2) is 0 Å². The van der Waals surface area contributed by atoms with Gasteiger partial charge in [0.1, 0.15) is 0 Å². The molecule has 0 aromatic carbocycles. The van der Waals surface area contributed by atoms with Crippen molar-refractivity contribution in [1.82, 2.24) is 4.90 Å². The van der Waals surface area contributed by atoms with E-state index in [0.29, 0.717) is 19.8 Å². The minimum Gasteiger partial charge on any atom is -0.382 e. The van der Waals surface area contributed by atoms with Gasteiger partial charge in [-0.25, -0.2) is 0 Å². The lowest BCUT2D eigenvalue weighted by Crippen LogP contribution is -2.46. The predicted octanol–water partition coefficient (Wildman–Crippen LogP) is 7.78. The van der Waals surface area contributed by atoms with Crippen LogP contribution in [-0.4, -0.2) is 95.7 Å². The van der Waals surface area contributed by atoms with Crippen LogP contribution in [0.2, 0.25) is 56.4 Å². The summed E-state index contributed by atoms with van der Waals surface area (Å²) in [4.78, 5) is 2.73. The second-order valence-corrected chi connectivity index (χ2v) is 25.5. The van der Waals surface area contributed by atoms with Gasteiger partial charge in [0, 0.05) is 68.4 Å². The number of ether oxygens (including phenoxy) is 2. The number of rotatable bonds is 28. The van der Waals surface area contributed by atoms with Gasteiger partial charge in [0.25, 0.3) is 0 Å². The average Bonchev–Trinajstić information content (AvgIpc) is 2.84. The Morgan fingerprint density at radius 1 is 0.447 bits per heavy atom. The zero-order chi connectivity index (χ0) is 28.8. The van der Waals surface area contributed by atoms with Gasteiger partial charge in [0.05, 0.1) is 0 Å². The normalized spacial score (nSPS) is 13.1. The highest BCUT2D eigenvalue weighted by atomic mass is 28.4. The maximum absolute atomic E-state index is 6.12. The van der Waals surface area contributed by atoms with Gasteiger partial charge in [0.15, 0.2) is 0 Å². The molecule has 0 saturated heterocycles. The largest absolute Gasteiger partial charge is 0.500 e. The summed E-state index contributed by atoms with van der Waals surface area (Å²) in [5.41, 5.74) is 0. The zero-order valence-corrected chi connectivity index (χ0v) is 30.1. The van der Waals surface area contributed by atoms with Gasteiger partial charge < -0.3 is 27.7 Å². The number of nitrogens with zero attached hydrogens (tertiary/aromatic N) is 1. The molecule has 0 aliphatic rings. The van der Waals surface area contributed by atoms with Crippen LogP contribution < -0.4 is 0 Å². The summed E-state index contributed by atoms with van der Waals surface area (Å²) < 4.78 is 29.5. The molecule has 9 heteroatoms. The molecule has 0 amide bonds. The molecule has 0 bridgehead atoms. The number of hydrogen-bond donors (Lipinski definition) is 0. The Bertz CT molecular complexity index is 493. The quantitative estimate of drug-likeness (QED) is 0.0682. The fraction of sp³-hybridized carbons (Fsp3) is 1.00. The molecule has 0 fully saturated rings. The molecule has 0 saturated carbocycles. The highest BCUT2D eigenvalue weighted by Crippen LogP contribution is 2.23. The molecule has 0 atom stereocenters. The smallest absolute Gasteiger partial charge is 0.382 e. The lowest BCUT2D eigenvalue weighted by Gasteiger charge is -2.31. The molecular formula is C29H67NO5Si3. The molecule has 0 aromatic rings. The van der Waals surface area contributed by atoms with E-state index in [4.69, 9.17) is 22.8 Å². The van der Waals surface area contributed by atoms with Gasteiger partial charge in [-0.1, -0.05) is 50.4 Å². The average molecular weight is 594 g/mol. The highest BCUT2D eigenvalue weighted by molar-refractivity contribution is 6.77. The topological polar surface area (TPSA) is 49.4 Å². The second kappa shape index (κ2) is 23.0. The van der Waals surface area contributed by atoms with Crippen molar-refractivity contribution in [3.05, 3.63) is 0 Å². The van der Waals surface area contributed by atoms with E-state index in [1.54, 1.807) is 0 Å². The molecular weight excluding hydrogens is 527 g/mol. The maximum Gasteiger partial charge on any atom is 0.500 e. The van der Waals surface area contributed by atoms with Crippen LogP contribution in [0.4, 0.5) is 0 Å². The third kappa shape index (κ3) is 20.3. The Morgan fingerprint density at radius 2 is 0.789 bits per heavy atom. The molecule has 0 aromatic heterocycles.